The molecule has 3 rings (SSSR count). The van der Waals surface area contributed by atoms with E-state index in [-0.39, 0.29) is 11.9 Å². The normalized spacial score (nSPS) is 24.0. The summed E-state index contributed by atoms with van der Waals surface area (Å²) in [6.07, 6.45) is 2.34. The zero-order valence-corrected chi connectivity index (χ0v) is 9.79. The number of nitrogens with one attached hydrogen (secondary N) is 1. The fourth-order valence-corrected chi connectivity index (χ4v) is 2.43. The van der Waals surface area contributed by atoms with Crippen molar-refractivity contribution in [2.24, 2.45) is 0 Å². The zero-order valence-electron chi connectivity index (χ0n) is 9.03. The van der Waals surface area contributed by atoms with Gasteiger partial charge in [0.05, 0.1) is 11.4 Å². The first-order valence-electron chi connectivity index (χ1n) is 5.55. The number of hydrogen-bond donors (Lipinski definition) is 1. The van der Waals surface area contributed by atoms with Crippen molar-refractivity contribution in [3.63, 3.8) is 0 Å². The summed E-state index contributed by atoms with van der Waals surface area (Å²) >= 11 is 6.01. The Bertz CT molecular complexity index is 456. The van der Waals surface area contributed by atoms with E-state index in [2.05, 4.69) is 10.2 Å². The molecule has 0 bridgehead atoms. The van der Waals surface area contributed by atoms with Crippen molar-refractivity contribution in [2.75, 3.05) is 10.2 Å². The molecular weight excluding hydrogens is 224 g/mol. The summed E-state index contributed by atoms with van der Waals surface area (Å²) in [5.74, 6) is 0.0710. The number of carbonyl (C=O) groups is 1. The smallest absolute Gasteiger partial charge is 0.246 e. The van der Waals surface area contributed by atoms with E-state index in [0.29, 0.717) is 11.1 Å². The maximum Gasteiger partial charge on any atom is 0.246 e. The van der Waals surface area contributed by atoms with Gasteiger partial charge in [0.1, 0.15) is 6.04 Å². The second-order valence-corrected chi connectivity index (χ2v) is 4.90. The monoisotopic (exact) mass is 236 g/mol. The largest absolute Gasteiger partial charge is 0.355 e. The first-order valence-corrected chi connectivity index (χ1v) is 5.93. The third kappa shape index (κ3) is 1.47. The third-order valence-electron chi connectivity index (χ3n) is 3.23. The molecule has 1 unspecified atom stereocenters. The third-order valence-corrected chi connectivity index (χ3v) is 3.47. The number of benzene rings is 1. The summed E-state index contributed by atoms with van der Waals surface area (Å²) in [6.45, 7) is 1.94. The highest BCUT2D eigenvalue weighted by Crippen LogP contribution is 2.41. The van der Waals surface area contributed by atoms with Crippen molar-refractivity contribution in [3.05, 3.63) is 23.2 Å². The number of nitrogens with zero attached hydrogens (tertiary/aromatic N) is 1. The first kappa shape index (κ1) is 9.97. The molecule has 1 aromatic rings. The summed E-state index contributed by atoms with van der Waals surface area (Å²) in [6, 6.07) is 6.03. The summed E-state index contributed by atoms with van der Waals surface area (Å²) in [5.41, 5.74) is 1.93. The Kier molecular flexibility index (Phi) is 2.11. The number of hydrogen-bond acceptors (Lipinski definition) is 2. The van der Waals surface area contributed by atoms with Crippen molar-refractivity contribution in [3.8, 4) is 0 Å². The Balaban J connectivity index is 2.10. The Hall–Kier alpha value is -1.22. The molecule has 1 N–H and O–H groups in total. The topological polar surface area (TPSA) is 32.3 Å². The molecule has 0 radical (unpaired) electrons. The Morgan fingerprint density at radius 1 is 1.44 bits per heavy atom. The average molecular weight is 237 g/mol. The molecule has 1 fully saturated rings. The molecule has 1 heterocycles. The summed E-state index contributed by atoms with van der Waals surface area (Å²) in [4.78, 5) is 14.0. The molecule has 84 valence electrons. The van der Waals surface area contributed by atoms with Crippen molar-refractivity contribution in [1.82, 2.24) is 0 Å². The van der Waals surface area contributed by atoms with Crippen LogP contribution >= 0.6 is 11.6 Å². The molecule has 16 heavy (non-hydrogen) atoms. The summed E-state index contributed by atoms with van der Waals surface area (Å²) in [5, 5.41) is 3.63. The van der Waals surface area contributed by atoms with E-state index in [0.717, 1.165) is 11.4 Å². The molecule has 1 atom stereocenters. The molecule has 1 aromatic carbocycles. The average Bonchev–Trinajstić information content (AvgIpc) is 3.05. The van der Waals surface area contributed by atoms with Crippen LogP contribution in [-0.2, 0) is 4.79 Å². The second-order valence-electron chi connectivity index (χ2n) is 4.47. The van der Waals surface area contributed by atoms with Crippen LogP contribution in [0.25, 0.3) is 0 Å². The fourth-order valence-electron chi connectivity index (χ4n) is 2.26. The van der Waals surface area contributed by atoms with Crippen LogP contribution in [0.4, 0.5) is 11.4 Å². The van der Waals surface area contributed by atoms with Crippen molar-refractivity contribution >= 4 is 28.9 Å². The van der Waals surface area contributed by atoms with E-state index in [1.165, 1.54) is 12.8 Å². The van der Waals surface area contributed by atoms with E-state index >= 15 is 0 Å². The summed E-state index contributed by atoms with van der Waals surface area (Å²) in [7, 11) is 0. The minimum Gasteiger partial charge on any atom is -0.355 e. The van der Waals surface area contributed by atoms with Crippen LogP contribution in [-0.4, -0.2) is 18.0 Å². The van der Waals surface area contributed by atoms with Gasteiger partial charge in [0, 0.05) is 11.1 Å². The van der Waals surface area contributed by atoms with Crippen LogP contribution in [0.5, 0.6) is 0 Å². The van der Waals surface area contributed by atoms with Crippen molar-refractivity contribution in [2.45, 2.75) is 31.8 Å². The molecule has 4 heteroatoms. The molecule has 3 nitrogen and oxygen atoms in total. The van der Waals surface area contributed by atoms with Gasteiger partial charge >= 0.3 is 0 Å². The molecular formula is C12H13ClN2O. The Morgan fingerprint density at radius 2 is 2.19 bits per heavy atom. The lowest BCUT2D eigenvalue weighted by atomic mass is 10.1. The molecule has 1 amide bonds. The van der Waals surface area contributed by atoms with Crippen LogP contribution in [0.15, 0.2) is 18.2 Å². The van der Waals surface area contributed by atoms with E-state index in [9.17, 15) is 4.79 Å². The molecule has 2 aliphatic rings. The number of halogens is 1. The molecule has 1 aliphatic heterocycles. The van der Waals surface area contributed by atoms with Gasteiger partial charge in [-0.1, -0.05) is 11.6 Å². The van der Waals surface area contributed by atoms with Crippen LogP contribution in [0.2, 0.25) is 5.02 Å². The minimum atomic E-state index is -0.0986. The number of amides is 1. The standard InChI is InChI=1S/C12H13ClN2O/c1-7-12(16)14-10-5-2-8(13)6-11(10)15(7)9-3-4-9/h2,5-7,9H,3-4H2,1H3,(H,14,16). The van der Waals surface area contributed by atoms with E-state index < -0.39 is 0 Å². The Morgan fingerprint density at radius 3 is 2.88 bits per heavy atom. The fraction of sp³-hybridized carbons (Fsp3) is 0.417. The highest BCUT2D eigenvalue weighted by Gasteiger charge is 2.39. The van der Waals surface area contributed by atoms with Gasteiger partial charge in [-0.2, -0.15) is 0 Å². The lowest BCUT2D eigenvalue weighted by Crippen LogP contribution is -2.47. The number of fused-ring (bicyclic) bond motifs is 1. The summed E-state index contributed by atoms with van der Waals surface area (Å²) < 4.78 is 0. The molecule has 0 aromatic heterocycles. The van der Waals surface area contributed by atoms with Gasteiger partial charge in [-0.15, -0.1) is 0 Å². The molecule has 0 spiro atoms. The maximum atomic E-state index is 11.8. The predicted octanol–water partition coefficient (Wildman–Crippen LogP) is 2.65. The van der Waals surface area contributed by atoms with Gasteiger partial charge in [0.15, 0.2) is 0 Å². The van der Waals surface area contributed by atoms with Gasteiger partial charge in [-0.3, -0.25) is 4.79 Å². The maximum absolute atomic E-state index is 11.8. The van der Waals surface area contributed by atoms with Gasteiger partial charge < -0.3 is 10.2 Å². The second kappa shape index (κ2) is 3.39. The molecule has 1 aliphatic carbocycles. The van der Waals surface area contributed by atoms with Crippen LogP contribution < -0.4 is 10.2 Å². The molecule has 0 saturated heterocycles. The van der Waals surface area contributed by atoms with E-state index in [4.69, 9.17) is 11.6 Å². The number of anilines is 2. The van der Waals surface area contributed by atoms with Gasteiger partial charge in [0.25, 0.3) is 0 Å². The zero-order chi connectivity index (χ0) is 11.3. The molecule has 1 saturated carbocycles. The highest BCUT2D eigenvalue weighted by molar-refractivity contribution is 6.31. The van der Waals surface area contributed by atoms with Crippen molar-refractivity contribution < 1.29 is 4.79 Å². The highest BCUT2D eigenvalue weighted by atomic mass is 35.5. The minimum absolute atomic E-state index is 0.0710. The number of carbonyl (C=O) groups excluding carboxylic acids is 1. The SMILES string of the molecule is CC1C(=O)Nc2ccc(Cl)cc2N1C1CC1. The van der Waals surface area contributed by atoms with Crippen molar-refractivity contribution in [1.29, 1.82) is 0 Å². The Labute approximate surface area is 99.4 Å². The lowest BCUT2D eigenvalue weighted by Gasteiger charge is -2.36. The van der Waals surface area contributed by atoms with E-state index in [1.807, 2.05) is 25.1 Å². The van der Waals surface area contributed by atoms with Gasteiger partial charge in [-0.25, -0.2) is 0 Å². The quantitative estimate of drug-likeness (QED) is 0.813. The van der Waals surface area contributed by atoms with Crippen LogP contribution in [0.1, 0.15) is 19.8 Å². The van der Waals surface area contributed by atoms with Crippen LogP contribution in [0, 0.1) is 0 Å². The first-order chi connectivity index (χ1) is 7.66. The van der Waals surface area contributed by atoms with Gasteiger partial charge in [-0.05, 0) is 38.0 Å². The van der Waals surface area contributed by atoms with Gasteiger partial charge in [0.2, 0.25) is 5.91 Å². The van der Waals surface area contributed by atoms with Crippen LogP contribution in [0.3, 0.4) is 0 Å². The lowest BCUT2D eigenvalue weighted by molar-refractivity contribution is -0.117. The predicted molar refractivity (Wildman–Crippen MR) is 65.0 cm³/mol. The number of rotatable bonds is 1. The van der Waals surface area contributed by atoms with E-state index in [1.54, 1.807) is 0 Å².